The Kier molecular flexibility index (Phi) is 5.11. The molecular formula is C18H26N4. The molecule has 4 nitrogen and oxygen atoms in total. The van der Waals surface area contributed by atoms with Crippen LogP contribution in [0.4, 0.5) is 5.69 Å². The summed E-state index contributed by atoms with van der Waals surface area (Å²) in [5.74, 6) is 0.534. The molecule has 3 rings (SSSR count). The van der Waals surface area contributed by atoms with Crippen LogP contribution in [-0.2, 0) is 12.8 Å². The zero-order chi connectivity index (χ0) is 15.2. The van der Waals surface area contributed by atoms with Crippen molar-refractivity contribution in [3.05, 3.63) is 41.5 Å². The lowest BCUT2D eigenvalue weighted by molar-refractivity contribution is 0.307. The van der Waals surface area contributed by atoms with Gasteiger partial charge in [-0.2, -0.15) is 0 Å². The van der Waals surface area contributed by atoms with E-state index in [9.17, 15) is 0 Å². The highest BCUT2D eigenvalue weighted by Gasteiger charge is 2.13. The van der Waals surface area contributed by atoms with E-state index in [1.54, 1.807) is 0 Å². The van der Waals surface area contributed by atoms with Gasteiger partial charge in [-0.3, -0.25) is 9.89 Å². The molecule has 1 heterocycles. The van der Waals surface area contributed by atoms with Gasteiger partial charge in [0.25, 0.3) is 0 Å². The van der Waals surface area contributed by atoms with Gasteiger partial charge in [0.1, 0.15) is 0 Å². The third kappa shape index (κ3) is 3.89. The maximum absolute atomic E-state index is 6.06. The van der Waals surface area contributed by atoms with Crippen molar-refractivity contribution in [2.24, 2.45) is 10.7 Å². The fourth-order valence-corrected chi connectivity index (χ4v) is 3.28. The van der Waals surface area contributed by atoms with Crippen molar-refractivity contribution in [2.45, 2.75) is 32.1 Å². The van der Waals surface area contributed by atoms with Gasteiger partial charge < -0.3 is 11.1 Å². The molecule has 1 aromatic rings. The molecule has 0 saturated heterocycles. The number of anilines is 1. The van der Waals surface area contributed by atoms with Crippen molar-refractivity contribution in [2.75, 3.05) is 31.5 Å². The number of aryl methyl sites for hydroxylation is 1. The summed E-state index contributed by atoms with van der Waals surface area (Å²) >= 11 is 0. The standard InChI is InChI=1S/C18H26N4/c19-18(20-11-14-22-12-4-1-5-13-22)21-17-10-6-8-15-7-2-3-9-16(15)17/h1,4,6,8,10H,2-3,5,7,9,11-14H2,(H3,19,20,21). The Balaban J connectivity index is 1.56. The Labute approximate surface area is 133 Å². The molecular weight excluding hydrogens is 272 g/mol. The van der Waals surface area contributed by atoms with E-state index in [-0.39, 0.29) is 0 Å². The Morgan fingerprint density at radius 2 is 2.14 bits per heavy atom. The topological polar surface area (TPSA) is 53.6 Å². The van der Waals surface area contributed by atoms with E-state index < -0.39 is 0 Å². The first-order chi connectivity index (χ1) is 10.8. The molecule has 0 radical (unpaired) electrons. The van der Waals surface area contributed by atoms with Gasteiger partial charge in [0.05, 0.1) is 6.54 Å². The lowest BCUT2D eigenvalue weighted by Gasteiger charge is -2.22. The largest absolute Gasteiger partial charge is 0.370 e. The highest BCUT2D eigenvalue weighted by atomic mass is 15.1. The van der Waals surface area contributed by atoms with Gasteiger partial charge in [-0.15, -0.1) is 0 Å². The smallest absolute Gasteiger partial charge is 0.193 e. The number of benzene rings is 1. The summed E-state index contributed by atoms with van der Waals surface area (Å²) < 4.78 is 0. The van der Waals surface area contributed by atoms with Gasteiger partial charge in [0.2, 0.25) is 0 Å². The third-order valence-electron chi connectivity index (χ3n) is 4.50. The van der Waals surface area contributed by atoms with Crippen LogP contribution in [0.3, 0.4) is 0 Å². The van der Waals surface area contributed by atoms with Crippen LogP contribution < -0.4 is 11.1 Å². The summed E-state index contributed by atoms with van der Waals surface area (Å²) in [4.78, 5) is 6.88. The SMILES string of the molecule is NC(=NCCN1CC=CCC1)Nc1cccc2c1CCCC2. The van der Waals surface area contributed by atoms with Crippen LogP contribution in [0.1, 0.15) is 30.4 Å². The quantitative estimate of drug-likeness (QED) is 0.510. The van der Waals surface area contributed by atoms with E-state index in [0.29, 0.717) is 5.96 Å². The number of guanidine groups is 1. The molecule has 4 heteroatoms. The molecule has 1 aliphatic heterocycles. The summed E-state index contributed by atoms with van der Waals surface area (Å²) in [6.45, 7) is 3.89. The highest BCUT2D eigenvalue weighted by Crippen LogP contribution is 2.27. The van der Waals surface area contributed by atoms with Crippen molar-refractivity contribution in [3.63, 3.8) is 0 Å². The second kappa shape index (κ2) is 7.45. The maximum Gasteiger partial charge on any atom is 0.193 e. The Morgan fingerprint density at radius 1 is 1.23 bits per heavy atom. The summed E-state index contributed by atoms with van der Waals surface area (Å²) in [6, 6.07) is 6.46. The average Bonchev–Trinajstić information content (AvgIpc) is 2.56. The van der Waals surface area contributed by atoms with E-state index in [4.69, 9.17) is 5.73 Å². The van der Waals surface area contributed by atoms with Crippen molar-refractivity contribution in [1.82, 2.24) is 4.90 Å². The van der Waals surface area contributed by atoms with Gasteiger partial charge in [0.15, 0.2) is 5.96 Å². The Hall–Kier alpha value is -1.81. The van der Waals surface area contributed by atoms with E-state index in [2.05, 4.69) is 45.6 Å². The fourth-order valence-electron chi connectivity index (χ4n) is 3.28. The van der Waals surface area contributed by atoms with Crippen LogP contribution in [0.2, 0.25) is 0 Å². The molecule has 3 N–H and O–H groups in total. The first-order valence-electron chi connectivity index (χ1n) is 8.38. The zero-order valence-corrected chi connectivity index (χ0v) is 13.2. The Bertz CT molecular complexity index is 562. The van der Waals surface area contributed by atoms with Gasteiger partial charge in [-0.1, -0.05) is 24.3 Å². The van der Waals surface area contributed by atoms with Crippen molar-refractivity contribution in [3.8, 4) is 0 Å². The number of rotatable bonds is 4. The lowest BCUT2D eigenvalue weighted by Crippen LogP contribution is -2.31. The summed E-state index contributed by atoms with van der Waals surface area (Å²) in [5.41, 5.74) is 10.1. The number of hydrogen-bond donors (Lipinski definition) is 2. The number of hydrogen-bond acceptors (Lipinski definition) is 2. The third-order valence-corrected chi connectivity index (χ3v) is 4.50. The lowest BCUT2D eigenvalue weighted by atomic mass is 9.90. The number of nitrogens with one attached hydrogen (secondary N) is 1. The molecule has 0 bridgehead atoms. The minimum Gasteiger partial charge on any atom is -0.370 e. The number of nitrogens with zero attached hydrogens (tertiary/aromatic N) is 2. The summed E-state index contributed by atoms with van der Waals surface area (Å²) in [6.07, 6.45) is 10.5. The first kappa shape index (κ1) is 15.1. The normalized spacial score (nSPS) is 19.0. The number of fused-ring (bicyclic) bond motifs is 1. The Morgan fingerprint density at radius 3 is 3.00 bits per heavy atom. The molecule has 0 spiro atoms. The van der Waals surface area contributed by atoms with Crippen molar-refractivity contribution >= 4 is 11.6 Å². The molecule has 0 atom stereocenters. The van der Waals surface area contributed by atoms with Crippen LogP contribution in [0, 0.1) is 0 Å². The fraction of sp³-hybridized carbons (Fsp3) is 0.500. The molecule has 0 unspecified atom stereocenters. The molecule has 1 aromatic carbocycles. The zero-order valence-electron chi connectivity index (χ0n) is 13.2. The van der Waals surface area contributed by atoms with E-state index in [1.165, 1.54) is 30.4 Å². The van der Waals surface area contributed by atoms with Gasteiger partial charge in [-0.05, 0) is 49.3 Å². The van der Waals surface area contributed by atoms with E-state index in [1.807, 2.05) is 0 Å². The molecule has 0 fully saturated rings. The molecule has 0 aromatic heterocycles. The minimum absolute atomic E-state index is 0.534. The summed E-state index contributed by atoms with van der Waals surface area (Å²) in [7, 11) is 0. The van der Waals surface area contributed by atoms with Crippen LogP contribution in [0.5, 0.6) is 0 Å². The molecule has 0 saturated carbocycles. The van der Waals surface area contributed by atoms with Gasteiger partial charge >= 0.3 is 0 Å². The monoisotopic (exact) mass is 298 g/mol. The first-order valence-corrected chi connectivity index (χ1v) is 8.38. The molecule has 2 aliphatic rings. The van der Waals surface area contributed by atoms with Crippen molar-refractivity contribution < 1.29 is 0 Å². The van der Waals surface area contributed by atoms with Crippen LogP contribution >= 0.6 is 0 Å². The molecule has 1 aliphatic carbocycles. The van der Waals surface area contributed by atoms with E-state index >= 15 is 0 Å². The second-order valence-electron chi connectivity index (χ2n) is 6.10. The van der Waals surface area contributed by atoms with Crippen LogP contribution in [0.15, 0.2) is 35.3 Å². The molecule has 0 amide bonds. The average molecular weight is 298 g/mol. The highest BCUT2D eigenvalue weighted by molar-refractivity contribution is 5.93. The van der Waals surface area contributed by atoms with Crippen LogP contribution in [0.25, 0.3) is 0 Å². The molecule has 118 valence electrons. The van der Waals surface area contributed by atoms with E-state index in [0.717, 1.165) is 44.7 Å². The summed E-state index contributed by atoms with van der Waals surface area (Å²) in [5, 5.41) is 3.30. The predicted octanol–water partition coefficient (Wildman–Crippen LogP) is 2.55. The van der Waals surface area contributed by atoms with Gasteiger partial charge in [0, 0.05) is 25.3 Å². The number of aliphatic imine (C=N–C) groups is 1. The van der Waals surface area contributed by atoms with Crippen molar-refractivity contribution in [1.29, 1.82) is 0 Å². The predicted molar refractivity (Wildman–Crippen MR) is 93.4 cm³/mol. The minimum atomic E-state index is 0.534. The maximum atomic E-state index is 6.06. The number of nitrogens with two attached hydrogens (primary N) is 1. The second-order valence-corrected chi connectivity index (χ2v) is 6.10. The van der Waals surface area contributed by atoms with Gasteiger partial charge in [-0.25, -0.2) is 0 Å². The van der Waals surface area contributed by atoms with Crippen LogP contribution in [-0.4, -0.2) is 37.0 Å². The molecule has 22 heavy (non-hydrogen) atoms.